The van der Waals surface area contributed by atoms with Crippen LogP contribution in [0.25, 0.3) is 22.3 Å². The van der Waals surface area contributed by atoms with Gasteiger partial charge in [-0.15, -0.1) is 0 Å². The minimum atomic E-state index is -0.349. The third-order valence-electron chi connectivity index (χ3n) is 4.13. The van der Waals surface area contributed by atoms with E-state index in [0.717, 1.165) is 28.1 Å². The van der Waals surface area contributed by atoms with E-state index in [4.69, 9.17) is 15.6 Å². The van der Waals surface area contributed by atoms with Gasteiger partial charge in [0.05, 0.1) is 30.4 Å². The minimum absolute atomic E-state index is 0.0769. The summed E-state index contributed by atoms with van der Waals surface area (Å²) in [5.74, 6) is 1.91. The lowest BCUT2D eigenvalue weighted by Crippen LogP contribution is -2.25. The van der Waals surface area contributed by atoms with E-state index in [0.29, 0.717) is 18.0 Å². The second-order valence-corrected chi connectivity index (χ2v) is 8.35. The highest BCUT2D eigenvalue weighted by Crippen LogP contribution is 2.39. The van der Waals surface area contributed by atoms with E-state index < -0.39 is 0 Å². The van der Waals surface area contributed by atoms with Crippen LogP contribution in [0.1, 0.15) is 0 Å². The molecule has 2 atom stereocenters. The Labute approximate surface area is 152 Å². The van der Waals surface area contributed by atoms with Gasteiger partial charge in [0.1, 0.15) is 23.6 Å². The van der Waals surface area contributed by atoms with Crippen molar-refractivity contribution in [2.24, 2.45) is 0 Å². The molecule has 0 radical (unpaired) electrons. The Bertz CT molecular complexity index is 899. The second-order valence-electron chi connectivity index (χ2n) is 5.70. The third-order valence-corrected chi connectivity index (χ3v) is 7.02. The number of rotatable bonds is 4. The number of aliphatic hydroxyl groups is 1. The van der Waals surface area contributed by atoms with Gasteiger partial charge < -0.3 is 15.6 Å². The van der Waals surface area contributed by atoms with Crippen LogP contribution in [0.4, 0.5) is 5.82 Å². The van der Waals surface area contributed by atoms with Gasteiger partial charge in [0.2, 0.25) is 0 Å². The number of methoxy groups -OCH3 is 1. The minimum Gasteiger partial charge on any atom is -0.497 e. The van der Waals surface area contributed by atoms with Crippen LogP contribution in [0.5, 0.6) is 5.75 Å². The summed E-state index contributed by atoms with van der Waals surface area (Å²) in [5, 5.41) is 15.6. The molecule has 0 saturated carbocycles. The maximum absolute atomic E-state index is 10.1. The van der Waals surface area contributed by atoms with Crippen LogP contribution in [0, 0.1) is 0 Å². The number of fused-ring (bicyclic) bond motifs is 1. The number of hydrogen-bond acceptors (Lipinski definition) is 8. The molecule has 4 rings (SSSR count). The fourth-order valence-electron chi connectivity index (χ4n) is 2.80. The molecule has 1 saturated heterocycles. The molecule has 3 aromatic rings. The number of ether oxygens (including phenoxy) is 1. The first-order valence-corrected chi connectivity index (χ1v) is 10.1. The van der Waals surface area contributed by atoms with Crippen LogP contribution in [0.2, 0.25) is 0 Å². The number of benzene rings is 1. The molecule has 9 heteroatoms. The number of nitrogens with two attached hydrogens (primary N) is 1. The largest absolute Gasteiger partial charge is 0.497 e. The Morgan fingerprint density at radius 1 is 1.32 bits per heavy atom. The topological polar surface area (TPSA) is 99.1 Å². The lowest BCUT2D eigenvalue weighted by molar-refractivity contribution is 0.191. The summed E-state index contributed by atoms with van der Waals surface area (Å²) < 4.78 is 7.03. The number of nitrogens with zero attached hydrogens (tertiary/aromatic N) is 4. The van der Waals surface area contributed by atoms with Crippen molar-refractivity contribution in [1.82, 2.24) is 19.7 Å². The Morgan fingerprint density at radius 2 is 2.12 bits per heavy atom. The van der Waals surface area contributed by atoms with E-state index in [1.807, 2.05) is 28.9 Å². The van der Waals surface area contributed by atoms with E-state index in [2.05, 4.69) is 9.97 Å². The van der Waals surface area contributed by atoms with Crippen molar-refractivity contribution in [2.75, 3.05) is 18.6 Å². The van der Waals surface area contributed by atoms with Gasteiger partial charge in [0, 0.05) is 11.3 Å². The van der Waals surface area contributed by atoms with Crippen molar-refractivity contribution in [3.05, 3.63) is 30.6 Å². The lowest BCUT2D eigenvalue weighted by Gasteiger charge is -2.12. The van der Waals surface area contributed by atoms with Crippen molar-refractivity contribution in [3.8, 4) is 17.0 Å². The zero-order valence-electron chi connectivity index (χ0n) is 13.5. The Hall–Kier alpha value is -1.97. The molecular weight excluding hydrogens is 358 g/mol. The summed E-state index contributed by atoms with van der Waals surface area (Å²) in [4.78, 5) is 8.49. The predicted molar refractivity (Wildman–Crippen MR) is 102 cm³/mol. The summed E-state index contributed by atoms with van der Waals surface area (Å²) in [6, 6.07) is 7.64. The van der Waals surface area contributed by atoms with Crippen molar-refractivity contribution in [1.29, 1.82) is 0 Å². The normalized spacial score (nSPS) is 20.2. The van der Waals surface area contributed by atoms with Gasteiger partial charge in [0.15, 0.2) is 5.65 Å². The van der Waals surface area contributed by atoms with Crippen LogP contribution in [-0.4, -0.2) is 49.1 Å². The first-order chi connectivity index (χ1) is 12.2. The fraction of sp³-hybridized carbons (Fsp3) is 0.312. The van der Waals surface area contributed by atoms with Gasteiger partial charge in [-0.2, -0.15) is 5.10 Å². The molecule has 7 nitrogen and oxygen atoms in total. The van der Waals surface area contributed by atoms with E-state index in [1.165, 1.54) is 6.33 Å². The standard InChI is InChI=1S/C16H17N5O2S2/c1-23-10-4-2-9(3-5-10)14-13-15(17)18-8-19-16(13)21(20-14)6-12-11(22)7-24-25-12/h2-5,8,11-12,22H,6-7H2,1H3,(H2,17,18,19)/t11-,12+/m0/s1. The summed E-state index contributed by atoms with van der Waals surface area (Å²) in [6.45, 7) is 0.571. The quantitative estimate of drug-likeness (QED) is 0.670. The summed E-state index contributed by atoms with van der Waals surface area (Å²) >= 11 is 0. The smallest absolute Gasteiger partial charge is 0.164 e. The van der Waals surface area contributed by atoms with Crippen molar-refractivity contribution < 1.29 is 9.84 Å². The zero-order chi connectivity index (χ0) is 17.4. The van der Waals surface area contributed by atoms with Crippen LogP contribution in [0.3, 0.4) is 0 Å². The van der Waals surface area contributed by atoms with Gasteiger partial charge in [-0.25, -0.2) is 14.6 Å². The van der Waals surface area contributed by atoms with Gasteiger partial charge >= 0.3 is 0 Å². The summed E-state index contributed by atoms with van der Waals surface area (Å²) in [5.41, 5.74) is 8.45. The highest BCUT2D eigenvalue weighted by Gasteiger charge is 2.29. The van der Waals surface area contributed by atoms with Crippen molar-refractivity contribution >= 4 is 38.4 Å². The van der Waals surface area contributed by atoms with Crippen LogP contribution < -0.4 is 10.5 Å². The Balaban J connectivity index is 1.80. The summed E-state index contributed by atoms with van der Waals surface area (Å²) in [6.07, 6.45) is 1.10. The molecule has 0 aliphatic carbocycles. The molecule has 0 spiro atoms. The average Bonchev–Trinajstić information content (AvgIpc) is 3.20. The van der Waals surface area contributed by atoms with Crippen molar-refractivity contribution in [2.45, 2.75) is 17.9 Å². The van der Waals surface area contributed by atoms with E-state index in [-0.39, 0.29) is 11.4 Å². The maximum atomic E-state index is 10.1. The van der Waals surface area contributed by atoms with Crippen LogP contribution in [-0.2, 0) is 6.54 Å². The van der Waals surface area contributed by atoms with Gasteiger partial charge in [-0.1, -0.05) is 21.6 Å². The molecular formula is C16H17N5O2S2. The molecule has 2 aromatic heterocycles. The third kappa shape index (κ3) is 3.03. The first-order valence-electron chi connectivity index (χ1n) is 7.75. The molecule has 25 heavy (non-hydrogen) atoms. The molecule has 1 aliphatic rings. The molecule has 3 N–H and O–H groups in total. The fourth-order valence-corrected chi connectivity index (χ4v) is 5.72. The SMILES string of the molecule is COc1ccc(-c2nn(C[C@H]3SSC[C@@H]3O)c3ncnc(N)c23)cc1. The molecule has 130 valence electrons. The number of anilines is 1. The molecule has 3 heterocycles. The number of hydrogen-bond donors (Lipinski definition) is 2. The van der Waals surface area contributed by atoms with Crippen LogP contribution >= 0.6 is 21.6 Å². The molecule has 0 amide bonds. The first kappa shape index (κ1) is 16.5. The average molecular weight is 375 g/mol. The molecule has 1 aliphatic heterocycles. The highest BCUT2D eigenvalue weighted by molar-refractivity contribution is 8.77. The van der Waals surface area contributed by atoms with Crippen LogP contribution in [0.15, 0.2) is 30.6 Å². The van der Waals surface area contributed by atoms with E-state index >= 15 is 0 Å². The summed E-state index contributed by atoms with van der Waals surface area (Å²) in [7, 11) is 4.99. The van der Waals surface area contributed by atoms with Crippen molar-refractivity contribution in [3.63, 3.8) is 0 Å². The Kier molecular flexibility index (Phi) is 4.45. The molecule has 1 aromatic carbocycles. The number of nitrogen functional groups attached to an aromatic ring is 1. The molecule has 1 fully saturated rings. The van der Waals surface area contributed by atoms with E-state index in [1.54, 1.807) is 28.7 Å². The van der Waals surface area contributed by atoms with Gasteiger partial charge in [0.25, 0.3) is 0 Å². The Morgan fingerprint density at radius 3 is 2.80 bits per heavy atom. The maximum Gasteiger partial charge on any atom is 0.164 e. The van der Waals surface area contributed by atoms with E-state index in [9.17, 15) is 5.11 Å². The molecule has 0 bridgehead atoms. The van der Waals surface area contributed by atoms with Gasteiger partial charge in [-0.3, -0.25) is 0 Å². The second kappa shape index (κ2) is 6.74. The number of aliphatic hydroxyl groups excluding tert-OH is 1. The lowest BCUT2D eigenvalue weighted by atomic mass is 10.1. The monoisotopic (exact) mass is 375 g/mol. The predicted octanol–water partition coefficient (Wildman–Crippen LogP) is 2.21. The number of aromatic nitrogens is 4. The zero-order valence-corrected chi connectivity index (χ0v) is 15.1. The van der Waals surface area contributed by atoms with Gasteiger partial charge in [-0.05, 0) is 24.3 Å². The highest BCUT2D eigenvalue weighted by atomic mass is 33.1. The molecule has 0 unspecified atom stereocenters.